The van der Waals surface area contributed by atoms with E-state index < -0.39 is 0 Å². The number of aromatic nitrogens is 5. The van der Waals surface area contributed by atoms with Crippen molar-refractivity contribution in [3.05, 3.63) is 41.2 Å². The van der Waals surface area contributed by atoms with Crippen molar-refractivity contribution in [1.29, 1.82) is 0 Å². The molecule has 7 heteroatoms. The molecule has 6 nitrogen and oxygen atoms in total. The van der Waals surface area contributed by atoms with Crippen molar-refractivity contribution in [2.24, 2.45) is 0 Å². The number of halogens is 1. The summed E-state index contributed by atoms with van der Waals surface area (Å²) in [5, 5.41) is 9.43. The van der Waals surface area contributed by atoms with E-state index in [0.29, 0.717) is 12.6 Å². The summed E-state index contributed by atoms with van der Waals surface area (Å²) in [4.78, 5) is 11.3. The van der Waals surface area contributed by atoms with Gasteiger partial charge in [0.2, 0.25) is 0 Å². The minimum absolute atomic E-state index is 0.514. The Morgan fingerprint density at radius 3 is 2.92 bits per heavy atom. The molecular weight excluding hydrogens is 336 g/mol. The molecule has 2 aromatic heterocycles. The SMILES string of the molecule is CCC1CCCCN1c1ncnc2c1nnn2Cc1ccccc1Cl. The Bertz CT molecular complexity index is 877. The molecule has 0 radical (unpaired) electrons. The van der Waals surface area contributed by atoms with Gasteiger partial charge in [0.1, 0.15) is 6.33 Å². The van der Waals surface area contributed by atoms with Crippen LogP contribution in [-0.2, 0) is 6.54 Å². The van der Waals surface area contributed by atoms with Crippen LogP contribution in [0.3, 0.4) is 0 Å². The Morgan fingerprint density at radius 2 is 2.08 bits per heavy atom. The minimum atomic E-state index is 0.514. The van der Waals surface area contributed by atoms with E-state index in [9.17, 15) is 0 Å². The van der Waals surface area contributed by atoms with Crippen LogP contribution in [-0.4, -0.2) is 37.5 Å². The van der Waals surface area contributed by atoms with Crippen molar-refractivity contribution < 1.29 is 0 Å². The maximum Gasteiger partial charge on any atom is 0.184 e. The van der Waals surface area contributed by atoms with Crippen LogP contribution < -0.4 is 4.90 Å². The van der Waals surface area contributed by atoms with Gasteiger partial charge < -0.3 is 4.90 Å². The second kappa shape index (κ2) is 6.96. The number of nitrogens with zero attached hydrogens (tertiary/aromatic N) is 6. The molecule has 1 aromatic carbocycles. The lowest BCUT2D eigenvalue weighted by atomic mass is 10.00. The third kappa shape index (κ3) is 3.06. The highest BCUT2D eigenvalue weighted by molar-refractivity contribution is 6.31. The zero-order valence-corrected chi connectivity index (χ0v) is 15.0. The van der Waals surface area contributed by atoms with Gasteiger partial charge in [-0.15, -0.1) is 5.10 Å². The lowest BCUT2D eigenvalue weighted by molar-refractivity contribution is 0.447. The van der Waals surface area contributed by atoms with Gasteiger partial charge in [0.25, 0.3) is 0 Å². The Labute approximate surface area is 151 Å². The maximum atomic E-state index is 6.28. The molecule has 4 rings (SSSR count). The largest absolute Gasteiger partial charge is 0.352 e. The van der Waals surface area contributed by atoms with Gasteiger partial charge in [0, 0.05) is 17.6 Å². The van der Waals surface area contributed by atoms with Crippen LogP contribution >= 0.6 is 11.6 Å². The lowest BCUT2D eigenvalue weighted by Gasteiger charge is -2.36. The van der Waals surface area contributed by atoms with E-state index in [1.54, 1.807) is 11.0 Å². The highest BCUT2D eigenvalue weighted by Gasteiger charge is 2.25. The smallest absolute Gasteiger partial charge is 0.184 e. The fraction of sp³-hybridized carbons (Fsp3) is 0.444. The van der Waals surface area contributed by atoms with Crippen molar-refractivity contribution in [3.8, 4) is 0 Å². The van der Waals surface area contributed by atoms with Crippen LogP contribution in [0.4, 0.5) is 5.82 Å². The Balaban J connectivity index is 1.72. The van der Waals surface area contributed by atoms with Crippen molar-refractivity contribution in [3.63, 3.8) is 0 Å². The van der Waals surface area contributed by atoms with Gasteiger partial charge in [-0.2, -0.15) is 0 Å². The summed E-state index contributed by atoms with van der Waals surface area (Å²) >= 11 is 6.28. The molecule has 1 fully saturated rings. The average molecular weight is 357 g/mol. The van der Waals surface area contributed by atoms with E-state index in [1.165, 1.54) is 19.3 Å². The molecule has 1 unspecified atom stereocenters. The van der Waals surface area contributed by atoms with Gasteiger partial charge in [0.05, 0.1) is 6.54 Å². The van der Waals surface area contributed by atoms with E-state index in [1.807, 2.05) is 24.3 Å². The molecule has 0 N–H and O–H groups in total. The highest BCUT2D eigenvalue weighted by Crippen LogP contribution is 2.29. The normalized spacial score (nSPS) is 18.0. The first-order valence-electron chi connectivity index (χ1n) is 8.82. The van der Waals surface area contributed by atoms with Crippen molar-refractivity contribution in [2.45, 2.75) is 45.2 Å². The summed E-state index contributed by atoms with van der Waals surface area (Å²) in [7, 11) is 0. The molecule has 3 aromatic rings. The highest BCUT2D eigenvalue weighted by atomic mass is 35.5. The topological polar surface area (TPSA) is 59.7 Å². The first-order valence-corrected chi connectivity index (χ1v) is 9.20. The van der Waals surface area contributed by atoms with Crippen molar-refractivity contribution in [2.75, 3.05) is 11.4 Å². The quantitative estimate of drug-likeness (QED) is 0.713. The summed E-state index contributed by atoms with van der Waals surface area (Å²) in [6.45, 7) is 3.79. The van der Waals surface area contributed by atoms with E-state index in [-0.39, 0.29) is 0 Å². The molecule has 1 saturated heterocycles. The molecule has 130 valence electrons. The molecule has 0 aliphatic carbocycles. The fourth-order valence-electron chi connectivity index (χ4n) is 3.59. The number of anilines is 1. The van der Waals surface area contributed by atoms with Gasteiger partial charge in [-0.3, -0.25) is 0 Å². The predicted molar refractivity (Wildman–Crippen MR) is 98.9 cm³/mol. The first kappa shape index (κ1) is 16.3. The maximum absolute atomic E-state index is 6.28. The van der Waals surface area contributed by atoms with Crippen molar-refractivity contribution >= 4 is 28.6 Å². The molecule has 0 spiro atoms. The zero-order chi connectivity index (χ0) is 17.2. The number of fused-ring (bicyclic) bond motifs is 1. The molecule has 0 saturated carbocycles. The monoisotopic (exact) mass is 356 g/mol. The Morgan fingerprint density at radius 1 is 1.20 bits per heavy atom. The second-order valence-electron chi connectivity index (χ2n) is 6.46. The minimum Gasteiger partial charge on any atom is -0.352 e. The van der Waals surface area contributed by atoms with Crippen LogP contribution in [0.1, 0.15) is 38.2 Å². The van der Waals surface area contributed by atoms with Crippen LogP contribution in [0.15, 0.2) is 30.6 Å². The van der Waals surface area contributed by atoms with Crippen LogP contribution in [0.5, 0.6) is 0 Å². The van der Waals surface area contributed by atoms with E-state index >= 15 is 0 Å². The Hall–Kier alpha value is -2.21. The Kier molecular flexibility index (Phi) is 4.53. The van der Waals surface area contributed by atoms with E-state index in [4.69, 9.17) is 11.6 Å². The molecule has 25 heavy (non-hydrogen) atoms. The first-order chi connectivity index (χ1) is 12.3. The van der Waals surface area contributed by atoms with E-state index in [2.05, 4.69) is 32.1 Å². The molecule has 0 amide bonds. The van der Waals surface area contributed by atoms with E-state index in [0.717, 1.165) is 40.5 Å². The summed E-state index contributed by atoms with van der Waals surface area (Å²) < 4.78 is 1.80. The predicted octanol–water partition coefficient (Wildman–Crippen LogP) is 3.69. The third-order valence-electron chi connectivity index (χ3n) is 4.93. The zero-order valence-electron chi connectivity index (χ0n) is 14.3. The number of hydrogen-bond acceptors (Lipinski definition) is 5. The third-order valence-corrected chi connectivity index (χ3v) is 5.30. The van der Waals surface area contributed by atoms with Gasteiger partial charge >= 0.3 is 0 Å². The summed E-state index contributed by atoms with van der Waals surface area (Å²) in [6.07, 6.45) is 6.40. The van der Waals surface area contributed by atoms with Crippen LogP contribution in [0, 0.1) is 0 Å². The second-order valence-corrected chi connectivity index (χ2v) is 6.87. The summed E-state index contributed by atoms with van der Waals surface area (Å²) in [5.74, 6) is 0.905. The number of benzene rings is 1. The molecule has 1 atom stereocenters. The lowest BCUT2D eigenvalue weighted by Crippen LogP contribution is -2.39. The van der Waals surface area contributed by atoms with Crippen LogP contribution in [0.25, 0.3) is 11.2 Å². The number of rotatable bonds is 4. The molecular formula is C18H21ClN6. The van der Waals surface area contributed by atoms with Crippen LogP contribution in [0.2, 0.25) is 5.02 Å². The van der Waals surface area contributed by atoms with Gasteiger partial charge in [0.15, 0.2) is 17.0 Å². The summed E-state index contributed by atoms with van der Waals surface area (Å²) in [5.41, 5.74) is 2.53. The van der Waals surface area contributed by atoms with Gasteiger partial charge in [-0.25, -0.2) is 14.6 Å². The number of hydrogen-bond donors (Lipinski definition) is 0. The standard InChI is InChI=1S/C18H21ClN6/c1-2-14-8-5-6-10-24(14)17-16-18(21-12-20-17)25(23-22-16)11-13-7-3-4-9-15(13)19/h3-4,7,9,12,14H,2,5-6,8,10-11H2,1H3. The average Bonchev–Trinajstić information content (AvgIpc) is 3.06. The van der Waals surface area contributed by atoms with Crippen molar-refractivity contribution in [1.82, 2.24) is 25.0 Å². The molecule has 1 aliphatic heterocycles. The summed E-state index contributed by atoms with van der Waals surface area (Å²) in [6, 6.07) is 8.29. The molecule has 1 aliphatic rings. The van der Waals surface area contributed by atoms with Gasteiger partial charge in [-0.1, -0.05) is 41.9 Å². The molecule has 0 bridgehead atoms. The number of piperidine rings is 1. The molecule has 3 heterocycles. The van der Waals surface area contributed by atoms with Gasteiger partial charge in [-0.05, 0) is 37.3 Å². The fourth-order valence-corrected chi connectivity index (χ4v) is 3.78.